The number of unbranched alkanes of at least 4 members (excludes halogenated alkanes) is 1. The minimum Gasteiger partial charge on any atom is -0.382 e. The zero-order chi connectivity index (χ0) is 14.8. The molecule has 20 heavy (non-hydrogen) atoms. The summed E-state index contributed by atoms with van der Waals surface area (Å²) >= 11 is 5.66. The van der Waals surface area contributed by atoms with Crippen LogP contribution < -0.4 is 5.32 Å². The molecule has 5 heteroatoms. The van der Waals surface area contributed by atoms with Crippen LogP contribution in [-0.4, -0.2) is 33.5 Å². The van der Waals surface area contributed by atoms with Crippen LogP contribution >= 0.6 is 11.6 Å². The van der Waals surface area contributed by atoms with E-state index < -0.39 is 0 Å². The zero-order valence-corrected chi connectivity index (χ0v) is 12.9. The molecular formula is C15H23ClFNO2. The molecule has 0 aliphatic carbocycles. The minimum absolute atomic E-state index is 0.108. The first kappa shape index (κ1) is 17.4. The van der Waals surface area contributed by atoms with Gasteiger partial charge in [0.1, 0.15) is 5.82 Å². The van der Waals surface area contributed by atoms with E-state index in [1.807, 2.05) is 13.0 Å². The highest BCUT2D eigenvalue weighted by molar-refractivity contribution is 6.30. The molecule has 1 rings (SSSR count). The van der Waals surface area contributed by atoms with Gasteiger partial charge in [-0.05, 0) is 44.0 Å². The van der Waals surface area contributed by atoms with Gasteiger partial charge in [0.05, 0.1) is 18.2 Å². The summed E-state index contributed by atoms with van der Waals surface area (Å²) in [5.74, 6) is -0.371. The quantitative estimate of drug-likeness (QED) is 0.670. The lowest BCUT2D eigenvalue weighted by Gasteiger charge is -2.14. The van der Waals surface area contributed by atoms with Gasteiger partial charge in [0.15, 0.2) is 0 Å². The predicted molar refractivity (Wildman–Crippen MR) is 79.8 cm³/mol. The van der Waals surface area contributed by atoms with Crippen molar-refractivity contribution in [2.24, 2.45) is 0 Å². The fourth-order valence-corrected chi connectivity index (χ4v) is 1.91. The Balaban J connectivity index is 2.13. The predicted octanol–water partition coefficient (Wildman–Crippen LogP) is 3.57. The lowest BCUT2D eigenvalue weighted by molar-refractivity contribution is 0.0687. The van der Waals surface area contributed by atoms with Crippen LogP contribution in [0.5, 0.6) is 0 Å². The van der Waals surface area contributed by atoms with Crippen molar-refractivity contribution < 1.29 is 13.9 Å². The Bertz CT molecular complexity index is 390. The molecule has 0 bridgehead atoms. The molecule has 114 valence electrons. The molecule has 0 heterocycles. The standard InChI is InChI=1S/C15H23ClFNO2/c1-12(13-5-6-14(16)15(17)11-13)18-7-3-4-8-20-10-9-19-2/h5-6,11-12,18H,3-4,7-10H2,1-2H3. The molecule has 1 atom stereocenters. The maximum Gasteiger partial charge on any atom is 0.142 e. The third-order valence-electron chi connectivity index (χ3n) is 3.04. The summed E-state index contributed by atoms with van der Waals surface area (Å²) in [5.41, 5.74) is 0.906. The number of hydrogen-bond donors (Lipinski definition) is 1. The minimum atomic E-state index is -0.371. The molecule has 0 aliphatic rings. The van der Waals surface area contributed by atoms with Crippen molar-refractivity contribution in [3.63, 3.8) is 0 Å². The van der Waals surface area contributed by atoms with Gasteiger partial charge in [-0.15, -0.1) is 0 Å². The van der Waals surface area contributed by atoms with Crippen LogP contribution in [0, 0.1) is 5.82 Å². The monoisotopic (exact) mass is 303 g/mol. The van der Waals surface area contributed by atoms with Gasteiger partial charge in [-0.1, -0.05) is 17.7 Å². The first-order valence-corrected chi connectivity index (χ1v) is 7.28. The third-order valence-corrected chi connectivity index (χ3v) is 3.35. The van der Waals surface area contributed by atoms with E-state index in [0.29, 0.717) is 13.2 Å². The second-order valence-electron chi connectivity index (χ2n) is 4.66. The molecule has 1 N–H and O–H groups in total. The van der Waals surface area contributed by atoms with Crippen LogP contribution in [0.15, 0.2) is 18.2 Å². The molecule has 0 fully saturated rings. The molecule has 0 aliphatic heterocycles. The Morgan fingerprint density at radius 1 is 1.25 bits per heavy atom. The Kier molecular flexibility index (Phi) is 8.78. The summed E-state index contributed by atoms with van der Waals surface area (Å²) in [6.45, 7) is 4.91. The second kappa shape index (κ2) is 10.1. The van der Waals surface area contributed by atoms with E-state index in [2.05, 4.69) is 5.32 Å². The Morgan fingerprint density at radius 3 is 2.75 bits per heavy atom. The maximum absolute atomic E-state index is 13.3. The van der Waals surface area contributed by atoms with Crippen LogP contribution in [0.3, 0.4) is 0 Å². The van der Waals surface area contributed by atoms with Gasteiger partial charge in [-0.2, -0.15) is 0 Å². The molecule has 0 amide bonds. The fraction of sp³-hybridized carbons (Fsp3) is 0.600. The second-order valence-corrected chi connectivity index (χ2v) is 5.07. The molecule has 0 aromatic heterocycles. The summed E-state index contributed by atoms with van der Waals surface area (Å²) in [7, 11) is 1.66. The van der Waals surface area contributed by atoms with E-state index in [1.165, 1.54) is 6.07 Å². The van der Waals surface area contributed by atoms with Crippen LogP contribution in [0.2, 0.25) is 5.02 Å². The lowest BCUT2D eigenvalue weighted by atomic mass is 10.1. The van der Waals surface area contributed by atoms with E-state index in [4.69, 9.17) is 21.1 Å². The van der Waals surface area contributed by atoms with Gasteiger partial charge in [0.25, 0.3) is 0 Å². The molecule has 1 unspecified atom stereocenters. The van der Waals surface area contributed by atoms with Crippen molar-refractivity contribution in [2.75, 3.05) is 33.5 Å². The van der Waals surface area contributed by atoms with Gasteiger partial charge in [0.2, 0.25) is 0 Å². The van der Waals surface area contributed by atoms with E-state index in [0.717, 1.165) is 31.6 Å². The van der Waals surface area contributed by atoms with Crippen molar-refractivity contribution in [3.05, 3.63) is 34.6 Å². The van der Waals surface area contributed by atoms with Crippen LogP contribution in [-0.2, 0) is 9.47 Å². The summed E-state index contributed by atoms with van der Waals surface area (Å²) in [6.07, 6.45) is 2.02. The number of benzene rings is 1. The molecule has 0 saturated heterocycles. The number of hydrogen-bond acceptors (Lipinski definition) is 3. The first-order chi connectivity index (χ1) is 9.65. The zero-order valence-electron chi connectivity index (χ0n) is 12.1. The maximum atomic E-state index is 13.3. The molecular weight excluding hydrogens is 281 g/mol. The molecule has 1 aromatic carbocycles. The molecule has 0 spiro atoms. The Hall–Kier alpha value is -0.680. The number of methoxy groups -OCH3 is 1. The van der Waals surface area contributed by atoms with Crippen LogP contribution in [0.4, 0.5) is 4.39 Å². The SMILES string of the molecule is COCCOCCCCNC(C)c1ccc(Cl)c(F)c1. The normalized spacial score (nSPS) is 12.6. The van der Waals surface area contributed by atoms with Gasteiger partial charge in [-0.25, -0.2) is 4.39 Å². The number of halogens is 2. The summed E-state index contributed by atoms with van der Waals surface area (Å²) in [6, 6.07) is 5.02. The van der Waals surface area contributed by atoms with Crippen molar-refractivity contribution in [3.8, 4) is 0 Å². The fourth-order valence-electron chi connectivity index (χ4n) is 1.79. The summed E-state index contributed by atoms with van der Waals surface area (Å²) in [4.78, 5) is 0. The molecule has 1 aromatic rings. The Labute approximate surface area is 125 Å². The largest absolute Gasteiger partial charge is 0.382 e. The first-order valence-electron chi connectivity index (χ1n) is 6.90. The Morgan fingerprint density at radius 2 is 2.05 bits per heavy atom. The van der Waals surface area contributed by atoms with Gasteiger partial charge in [-0.3, -0.25) is 0 Å². The van der Waals surface area contributed by atoms with E-state index in [-0.39, 0.29) is 16.9 Å². The highest BCUT2D eigenvalue weighted by atomic mass is 35.5. The average Bonchev–Trinajstić information content (AvgIpc) is 2.44. The number of nitrogens with one attached hydrogen (secondary N) is 1. The molecule has 3 nitrogen and oxygen atoms in total. The van der Waals surface area contributed by atoms with Crippen molar-refractivity contribution in [1.82, 2.24) is 5.32 Å². The average molecular weight is 304 g/mol. The smallest absolute Gasteiger partial charge is 0.142 e. The summed E-state index contributed by atoms with van der Waals surface area (Å²) < 4.78 is 23.6. The van der Waals surface area contributed by atoms with Crippen LogP contribution in [0.1, 0.15) is 31.4 Å². The third kappa shape index (κ3) is 6.66. The topological polar surface area (TPSA) is 30.5 Å². The summed E-state index contributed by atoms with van der Waals surface area (Å²) in [5, 5.41) is 3.52. The molecule has 0 saturated carbocycles. The van der Waals surface area contributed by atoms with E-state index >= 15 is 0 Å². The van der Waals surface area contributed by atoms with Crippen LogP contribution in [0.25, 0.3) is 0 Å². The highest BCUT2D eigenvalue weighted by Crippen LogP contribution is 2.19. The molecule has 0 radical (unpaired) electrons. The highest BCUT2D eigenvalue weighted by Gasteiger charge is 2.07. The lowest BCUT2D eigenvalue weighted by Crippen LogP contribution is -2.20. The van der Waals surface area contributed by atoms with Crippen molar-refractivity contribution in [2.45, 2.75) is 25.8 Å². The van der Waals surface area contributed by atoms with Gasteiger partial charge < -0.3 is 14.8 Å². The van der Waals surface area contributed by atoms with Gasteiger partial charge in [0, 0.05) is 19.8 Å². The number of rotatable bonds is 10. The van der Waals surface area contributed by atoms with Crippen molar-refractivity contribution >= 4 is 11.6 Å². The van der Waals surface area contributed by atoms with Gasteiger partial charge >= 0.3 is 0 Å². The van der Waals surface area contributed by atoms with Crippen molar-refractivity contribution in [1.29, 1.82) is 0 Å². The number of ether oxygens (including phenoxy) is 2. The van der Waals surface area contributed by atoms with E-state index in [9.17, 15) is 4.39 Å². The van der Waals surface area contributed by atoms with E-state index in [1.54, 1.807) is 13.2 Å².